The summed E-state index contributed by atoms with van der Waals surface area (Å²) >= 11 is 1.33. The molecule has 5 heteroatoms. The van der Waals surface area contributed by atoms with Crippen LogP contribution in [0.3, 0.4) is 0 Å². The van der Waals surface area contributed by atoms with E-state index in [1.165, 1.54) is 11.5 Å². The highest BCUT2D eigenvalue weighted by molar-refractivity contribution is 7.03. The van der Waals surface area contributed by atoms with Gasteiger partial charge in [-0.3, -0.25) is 0 Å². The molecule has 2 aromatic heterocycles. The summed E-state index contributed by atoms with van der Waals surface area (Å²) in [6.45, 7) is 0. The van der Waals surface area contributed by atoms with Crippen molar-refractivity contribution in [1.29, 1.82) is 0 Å². The third-order valence-corrected chi connectivity index (χ3v) is 1.78. The second-order valence-electron chi connectivity index (χ2n) is 2.10. The predicted octanol–water partition coefficient (Wildman–Crippen LogP) is 1.43. The Bertz CT molecular complexity index is 312. The van der Waals surface area contributed by atoms with Crippen molar-refractivity contribution in [2.45, 2.75) is 0 Å². The number of rotatable bonds is 2. The molecule has 1 N–H and O–H groups in total. The summed E-state index contributed by atoms with van der Waals surface area (Å²) < 4.78 is 4.02. The van der Waals surface area contributed by atoms with E-state index in [9.17, 15) is 0 Å². The third kappa shape index (κ3) is 1.57. The number of aromatic nitrogens is 4. The van der Waals surface area contributed by atoms with E-state index in [1.54, 1.807) is 17.9 Å². The summed E-state index contributed by atoms with van der Waals surface area (Å²) in [7, 11) is 0. The third-order valence-electron chi connectivity index (χ3n) is 1.29. The largest absolute Gasteiger partial charge is 0.345 e. The molecule has 0 saturated heterocycles. The van der Waals surface area contributed by atoms with Crippen LogP contribution < -0.4 is 0 Å². The molecule has 2 aromatic rings. The van der Waals surface area contributed by atoms with Crippen molar-refractivity contribution in [3.05, 3.63) is 29.6 Å². The average Bonchev–Trinajstić information content (AvgIpc) is 2.74. The molecule has 0 aliphatic carbocycles. The van der Waals surface area contributed by atoms with Gasteiger partial charge in [0.05, 0.1) is 0 Å². The van der Waals surface area contributed by atoms with Crippen LogP contribution in [0.4, 0.5) is 0 Å². The van der Waals surface area contributed by atoms with Gasteiger partial charge in [-0.15, -0.1) is 0 Å². The van der Waals surface area contributed by atoms with Gasteiger partial charge in [0.1, 0.15) is 11.3 Å². The van der Waals surface area contributed by atoms with E-state index in [2.05, 4.69) is 19.3 Å². The van der Waals surface area contributed by atoms with E-state index in [0.717, 1.165) is 11.6 Å². The fraction of sp³-hybridized carbons (Fsp3) is 0. The van der Waals surface area contributed by atoms with Crippen LogP contribution in [0.25, 0.3) is 12.2 Å². The van der Waals surface area contributed by atoms with Crippen molar-refractivity contribution in [2.24, 2.45) is 0 Å². The first kappa shape index (κ1) is 7.17. The molecule has 2 heterocycles. The van der Waals surface area contributed by atoms with Crippen LogP contribution in [0.2, 0.25) is 0 Å². The Morgan fingerprint density at radius 2 is 2.33 bits per heavy atom. The van der Waals surface area contributed by atoms with Crippen LogP contribution in [0.1, 0.15) is 11.6 Å². The number of imidazole rings is 1. The number of hydrogen-bond acceptors (Lipinski definition) is 4. The standard InChI is InChI=1S/C7H6N4S/c1(6-8-3-4-9-6)2-7-10-5-12-11-7/h1-5H,(H,8,9). The highest BCUT2D eigenvalue weighted by atomic mass is 32.1. The van der Waals surface area contributed by atoms with Crippen molar-refractivity contribution >= 4 is 23.7 Å². The predicted molar refractivity (Wildman–Crippen MR) is 47.4 cm³/mol. The Morgan fingerprint density at radius 3 is 3.00 bits per heavy atom. The van der Waals surface area contributed by atoms with Gasteiger partial charge in [0, 0.05) is 12.4 Å². The average molecular weight is 178 g/mol. The maximum absolute atomic E-state index is 4.02. The number of aromatic amines is 1. The topological polar surface area (TPSA) is 54.5 Å². The zero-order chi connectivity index (χ0) is 8.23. The second kappa shape index (κ2) is 3.27. The fourth-order valence-electron chi connectivity index (χ4n) is 0.774. The van der Waals surface area contributed by atoms with Crippen molar-refractivity contribution in [3.8, 4) is 0 Å². The zero-order valence-corrected chi connectivity index (χ0v) is 6.95. The van der Waals surface area contributed by atoms with Gasteiger partial charge in [-0.2, -0.15) is 4.37 Å². The molecule has 0 radical (unpaired) electrons. The molecule has 0 atom stereocenters. The minimum absolute atomic E-state index is 0.719. The van der Waals surface area contributed by atoms with E-state index in [1.807, 2.05) is 12.2 Å². The summed E-state index contributed by atoms with van der Waals surface area (Å²) in [6, 6.07) is 0. The lowest BCUT2D eigenvalue weighted by Gasteiger charge is -1.80. The molecule has 0 spiro atoms. The van der Waals surface area contributed by atoms with Gasteiger partial charge in [0.25, 0.3) is 0 Å². The summed E-state index contributed by atoms with van der Waals surface area (Å²) in [5.74, 6) is 1.53. The van der Waals surface area contributed by atoms with Crippen molar-refractivity contribution in [3.63, 3.8) is 0 Å². The lowest BCUT2D eigenvalue weighted by atomic mass is 10.4. The molecule has 0 bridgehead atoms. The smallest absolute Gasteiger partial charge is 0.165 e. The lowest BCUT2D eigenvalue weighted by molar-refractivity contribution is 1.26. The Hall–Kier alpha value is -1.49. The molecule has 2 rings (SSSR count). The number of nitrogens with zero attached hydrogens (tertiary/aromatic N) is 3. The van der Waals surface area contributed by atoms with Gasteiger partial charge in [-0.25, -0.2) is 9.97 Å². The summed E-state index contributed by atoms with van der Waals surface area (Å²) in [5, 5.41) is 0. The van der Waals surface area contributed by atoms with Crippen molar-refractivity contribution in [1.82, 2.24) is 19.3 Å². The summed E-state index contributed by atoms with van der Waals surface area (Å²) in [6.07, 6.45) is 7.12. The van der Waals surface area contributed by atoms with Crippen LogP contribution in [0.5, 0.6) is 0 Å². The van der Waals surface area contributed by atoms with Crippen LogP contribution in [0.15, 0.2) is 17.9 Å². The van der Waals surface area contributed by atoms with Crippen molar-refractivity contribution < 1.29 is 0 Å². The number of H-pyrrole nitrogens is 1. The Balaban J connectivity index is 2.14. The second-order valence-corrected chi connectivity index (χ2v) is 2.70. The molecule has 60 valence electrons. The molecule has 0 aliphatic rings. The molecule has 4 nitrogen and oxygen atoms in total. The van der Waals surface area contributed by atoms with E-state index >= 15 is 0 Å². The Kier molecular flexibility index (Phi) is 1.96. The summed E-state index contributed by atoms with van der Waals surface area (Å²) in [4.78, 5) is 11.0. The molecule has 0 saturated carbocycles. The molecular weight excluding hydrogens is 172 g/mol. The number of nitrogens with one attached hydrogen (secondary N) is 1. The number of hydrogen-bond donors (Lipinski definition) is 1. The van der Waals surface area contributed by atoms with Crippen LogP contribution >= 0.6 is 11.5 Å². The van der Waals surface area contributed by atoms with Gasteiger partial charge in [-0.05, 0) is 23.7 Å². The molecule has 0 aromatic carbocycles. The molecule has 0 amide bonds. The first-order valence-corrected chi connectivity index (χ1v) is 4.22. The first-order valence-electron chi connectivity index (χ1n) is 3.39. The van der Waals surface area contributed by atoms with Gasteiger partial charge in [0.2, 0.25) is 0 Å². The van der Waals surface area contributed by atoms with Gasteiger partial charge in [0.15, 0.2) is 5.82 Å². The Labute approximate surface area is 73.2 Å². The van der Waals surface area contributed by atoms with Crippen LogP contribution in [0, 0.1) is 0 Å². The minimum atomic E-state index is 0.719. The molecule has 12 heavy (non-hydrogen) atoms. The highest BCUT2D eigenvalue weighted by Gasteiger charge is 1.89. The minimum Gasteiger partial charge on any atom is -0.345 e. The monoisotopic (exact) mass is 178 g/mol. The fourth-order valence-corrected chi connectivity index (χ4v) is 1.19. The normalized spacial score (nSPS) is 11.0. The van der Waals surface area contributed by atoms with E-state index in [0.29, 0.717) is 0 Å². The van der Waals surface area contributed by atoms with E-state index < -0.39 is 0 Å². The molecule has 0 unspecified atom stereocenters. The van der Waals surface area contributed by atoms with Crippen LogP contribution in [-0.2, 0) is 0 Å². The van der Waals surface area contributed by atoms with Gasteiger partial charge < -0.3 is 4.98 Å². The van der Waals surface area contributed by atoms with Crippen molar-refractivity contribution in [2.75, 3.05) is 0 Å². The SMILES string of the molecule is C(=Cc1ncc[nH]1)c1ncsn1. The van der Waals surface area contributed by atoms with Crippen LogP contribution in [-0.4, -0.2) is 19.3 Å². The van der Waals surface area contributed by atoms with E-state index in [4.69, 9.17) is 0 Å². The highest BCUT2D eigenvalue weighted by Crippen LogP contribution is 2.00. The Morgan fingerprint density at radius 1 is 1.33 bits per heavy atom. The molecule has 0 fully saturated rings. The zero-order valence-electron chi connectivity index (χ0n) is 6.14. The van der Waals surface area contributed by atoms with Gasteiger partial charge in [-0.1, -0.05) is 0 Å². The quantitative estimate of drug-likeness (QED) is 0.756. The van der Waals surface area contributed by atoms with Gasteiger partial charge >= 0.3 is 0 Å². The first-order chi connectivity index (χ1) is 5.95. The molecule has 0 aliphatic heterocycles. The summed E-state index contributed by atoms with van der Waals surface area (Å²) in [5.41, 5.74) is 1.70. The lowest BCUT2D eigenvalue weighted by Crippen LogP contribution is -1.75. The molecular formula is C7H6N4S. The van der Waals surface area contributed by atoms with E-state index in [-0.39, 0.29) is 0 Å². The maximum Gasteiger partial charge on any atom is 0.165 e. The maximum atomic E-state index is 4.02.